The van der Waals surface area contributed by atoms with Crippen molar-refractivity contribution >= 4 is 41.2 Å². The number of rotatable bonds is 6. The Bertz CT molecular complexity index is 1240. The zero-order valence-corrected chi connectivity index (χ0v) is 18.6. The number of hydrogen-bond acceptors (Lipinski definition) is 4. The van der Waals surface area contributed by atoms with Crippen molar-refractivity contribution in [1.29, 1.82) is 0 Å². The predicted molar refractivity (Wildman–Crippen MR) is 127 cm³/mol. The molecule has 4 rings (SSSR count). The van der Waals surface area contributed by atoms with Crippen LogP contribution in [-0.2, 0) is 22.6 Å². The quantitative estimate of drug-likeness (QED) is 0.408. The second kappa shape index (κ2) is 9.71. The van der Waals surface area contributed by atoms with Crippen LogP contribution in [0.1, 0.15) is 23.6 Å². The fourth-order valence-corrected chi connectivity index (χ4v) is 3.64. The topological polar surface area (TPSA) is 75.7 Å². The molecule has 1 aliphatic rings. The molecule has 1 N–H and O–H groups in total. The minimum Gasteiger partial charge on any atom is -0.487 e. The van der Waals surface area contributed by atoms with E-state index < -0.39 is 17.8 Å². The molecule has 0 atom stereocenters. The number of aryl methyl sites for hydroxylation is 1. The van der Waals surface area contributed by atoms with Crippen LogP contribution in [-0.4, -0.2) is 17.8 Å². The molecule has 0 unspecified atom stereocenters. The summed E-state index contributed by atoms with van der Waals surface area (Å²) in [5.74, 6) is -0.976. The first kappa shape index (κ1) is 22.3. The summed E-state index contributed by atoms with van der Waals surface area (Å²) in [6.07, 6.45) is 2.24. The molecule has 33 heavy (non-hydrogen) atoms. The van der Waals surface area contributed by atoms with Crippen molar-refractivity contribution in [2.24, 2.45) is 0 Å². The number of carbonyl (C=O) groups excluding carboxylic acids is 3. The van der Waals surface area contributed by atoms with Gasteiger partial charge in [0.05, 0.1) is 10.7 Å². The van der Waals surface area contributed by atoms with Crippen LogP contribution in [0.4, 0.5) is 10.5 Å². The lowest BCUT2D eigenvalue weighted by Gasteiger charge is -2.26. The summed E-state index contributed by atoms with van der Waals surface area (Å²) in [6.45, 7) is 2.37. The molecule has 0 spiro atoms. The van der Waals surface area contributed by atoms with Gasteiger partial charge in [-0.05, 0) is 53.5 Å². The van der Waals surface area contributed by atoms with Crippen molar-refractivity contribution in [1.82, 2.24) is 5.32 Å². The number of barbiturate groups is 1. The van der Waals surface area contributed by atoms with Gasteiger partial charge in [-0.25, -0.2) is 9.69 Å². The van der Waals surface area contributed by atoms with Crippen LogP contribution in [0.5, 0.6) is 5.75 Å². The number of imide groups is 2. The van der Waals surface area contributed by atoms with Gasteiger partial charge in [-0.15, -0.1) is 0 Å². The Morgan fingerprint density at radius 2 is 1.67 bits per heavy atom. The van der Waals surface area contributed by atoms with Gasteiger partial charge in [-0.3, -0.25) is 14.9 Å². The minimum absolute atomic E-state index is 0.164. The van der Waals surface area contributed by atoms with Crippen LogP contribution in [0.2, 0.25) is 5.02 Å². The fourth-order valence-electron chi connectivity index (χ4n) is 3.40. The number of urea groups is 1. The van der Waals surface area contributed by atoms with Gasteiger partial charge in [0.1, 0.15) is 17.9 Å². The standard InChI is InChI=1S/C26H21ClN2O4/c1-2-17-8-11-20(12-9-17)29-25(31)21(24(30)28-26(29)32)14-19-10-13-23(22(27)15-19)33-16-18-6-4-3-5-7-18/h3-15H,2,16H2,1H3,(H,28,30,32)/b21-14+. The highest BCUT2D eigenvalue weighted by molar-refractivity contribution is 6.39. The smallest absolute Gasteiger partial charge is 0.335 e. The molecule has 7 heteroatoms. The molecular formula is C26H21ClN2O4. The molecular weight excluding hydrogens is 440 g/mol. The number of anilines is 1. The highest BCUT2D eigenvalue weighted by Crippen LogP contribution is 2.28. The number of nitrogens with zero attached hydrogens (tertiary/aromatic N) is 1. The van der Waals surface area contributed by atoms with Crippen LogP contribution in [0.25, 0.3) is 6.08 Å². The summed E-state index contributed by atoms with van der Waals surface area (Å²) < 4.78 is 5.77. The van der Waals surface area contributed by atoms with E-state index in [0.29, 0.717) is 28.6 Å². The van der Waals surface area contributed by atoms with E-state index in [2.05, 4.69) is 5.32 Å². The molecule has 0 aromatic heterocycles. The third-order valence-electron chi connectivity index (χ3n) is 5.21. The summed E-state index contributed by atoms with van der Waals surface area (Å²) in [4.78, 5) is 38.8. The Hall–Kier alpha value is -3.90. The van der Waals surface area contributed by atoms with E-state index >= 15 is 0 Å². The van der Waals surface area contributed by atoms with Crippen molar-refractivity contribution in [3.8, 4) is 5.75 Å². The number of benzene rings is 3. The van der Waals surface area contributed by atoms with Crippen molar-refractivity contribution in [3.63, 3.8) is 0 Å². The van der Waals surface area contributed by atoms with E-state index in [1.54, 1.807) is 30.3 Å². The summed E-state index contributed by atoms with van der Waals surface area (Å²) >= 11 is 6.36. The molecule has 6 nitrogen and oxygen atoms in total. The molecule has 0 saturated carbocycles. The first-order chi connectivity index (χ1) is 16.0. The van der Waals surface area contributed by atoms with E-state index in [9.17, 15) is 14.4 Å². The zero-order chi connectivity index (χ0) is 23.4. The highest BCUT2D eigenvalue weighted by atomic mass is 35.5. The molecule has 1 heterocycles. The molecule has 4 amide bonds. The lowest BCUT2D eigenvalue weighted by atomic mass is 10.1. The summed E-state index contributed by atoms with van der Waals surface area (Å²) in [6, 6.07) is 20.9. The molecule has 0 aliphatic carbocycles. The van der Waals surface area contributed by atoms with Crippen LogP contribution in [0.15, 0.2) is 78.4 Å². The van der Waals surface area contributed by atoms with Crippen molar-refractivity contribution in [2.75, 3.05) is 4.90 Å². The van der Waals surface area contributed by atoms with E-state index in [0.717, 1.165) is 22.4 Å². The van der Waals surface area contributed by atoms with E-state index in [-0.39, 0.29) is 5.57 Å². The molecule has 1 aliphatic heterocycles. The maximum atomic E-state index is 13.0. The average molecular weight is 461 g/mol. The molecule has 1 fully saturated rings. The highest BCUT2D eigenvalue weighted by Gasteiger charge is 2.36. The van der Waals surface area contributed by atoms with Crippen molar-refractivity contribution in [3.05, 3.63) is 100 Å². The van der Waals surface area contributed by atoms with Crippen LogP contribution >= 0.6 is 11.6 Å². The minimum atomic E-state index is -0.783. The van der Waals surface area contributed by atoms with Crippen molar-refractivity contribution in [2.45, 2.75) is 20.0 Å². The summed E-state index contributed by atoms with van der Waals surface area (Å²) in [5, 5.41) is 2.56. The summed E-state index contributed by atoms with van der Waals surface area (Å²) in [7, 11) is 0. The van der Waals surface area contributed by atoms with Crippen LogP contribution in [0.3, 0.4) is 0 Å². The third-order valence-corrected chi connectivity index (χ3v) is 5.50. The van der Waals surface area contributed by atoms with Gasteiger partial charge in [-0.2, -0.15) is 0 Å². The Morgan fingerprint density at radius 3 is 2.33 bits per heavy atom. The number of ether oxygens (including phenoxy) is 1. The van der Waals surface area contributed by atoms with Crippen LogP contribution in [0, 0.1) is 0 Å². The predicted octanol–water partition coefficient (Wildman–Crippen LogP) is 5.15. The summed E-state index contributed by atoms with van der Waals surface area (Å²) in [5.41, 5.74) is 2.82. The molecule has 166 valence electrons. The van der Waals surface area contributed by atoms with Gasteiger partial charge >= 0.3 is 6.03 Å². The number of nitrogens with one attached hydrogen (secondary N) is 1. The van der Waals surface area contributed by atoms with Gasteiger partial charge in [0, 0.05) is 0 Å². The number of amides is 4. The fraction of sp³-hybridized carbons (Fsp3) is 0.115. The number of halogens is 1. The van der Waals surface area contributed by atoms with Gasteiger partial charge in [0.25, 0.3) is 11.8 Å². The van der Waals surface area contributed by atoms with Gasteiger partial charge < -0.3 is 4.74 Å². The molecule has 0 radical (unpaired) electrons. The first-order valence-corrected chi connectivity index (χ1v) is 10.8. The lowest BCUT2D eigenvalue weighted by molar-refractivity contribution is -0.122. The monoisotopic (exact) mass is 460 g/mol. The molecule has 3 aromatic rings. The number of carbonyl (C=O) groups is 3. The van der Waals surface area contributed by atoms with E-state index in [1.165, 1.54) is 6.08 Å². The first-order valence-electron chi connectivity index (χ1n) is 10.4. The number of hydrogen-bond donors (Lipinski definition) is 1. The van der Waals surface area contributed by atoms with Crippen LogP contribution < -0.4 is 15.0 Å². The van der Waals surface area contributed by atoms with Gasteiger partial charge in [0.2, 0.25) is 0 Å². The maximum Gasteiger partial charge on any atom is 0.335 e. The van der Waals surface area contributed by atoms with Crippen molar-refractivity contribution < 1.29 is 19.1 Å². The average Bonchev–Trinajstić information content (AvgIpc) is 2.82. The van der Waals surface area contributed by atoms with Gasteiger partial charge in [-0.1, -0.05) is 67.1 Å². The largest absolute Gasteiger partial charge is 0.487 e. The Labute approximate surface area is 196 Å². The zero-order valence-electron chi connectivity index (χ0n) is 17.9. The normalized spacial score (nSPS) is 15.0. The SMILES string of the molecule is CCc1ccc(N2C(=O)NC(=O)/C(=C\c3ccc(OCc4ccccc4)c(Cl)c3)C2=O)cc1. The molecule has 1 saturated heterocycles. The van der Waals surface area contributed by atoms with E-state index in [1.807, 2.05) is 49.4 Å². The second-order valence-electron chi connectivity index (χ2n) is 7.44. The lowest BCUT2D eigenvalue weighted by Crippen LogP contribution is -2.54. The molecule has 0 bridgehead atoms. The maximum absolute atomic E-state index is 13.0. The molecule has 3 aromatic carbocycles. The Kier molecular flexibility index (Phi) is 6.56. The Morgan fingerprint density at radius 1 is 0.939 bits per heavy atom. The Balaban J connectivity index is 1.56. The van der Waals surface area contributed by atoms with Gasteiger partial charge in [0.15, 0.2) is 0 Å². The van der Waals surface area contributed by atoms with E-state index in [4.69, 9.17) is 16.3 Å². The second-order valence-corrected chi connectivity index (χ2v) is 7.85. The third kappa shape index (κ3) is 4.96.